The number of carbonyl (C=O) groups excluding carboxylic acids is 1. The van der Waals surface area contributed by atoms with E-state index in [1.807, 2.05) is 0 Å². The first-order valence-electron chi connectivity index (χ1n) is 6.87. The number of amides is 1. The van der Waals surface area contributed by atoms with Gasteiger partial charge in [0.15, 0.2) is 0 Å². The maximum Gasteiger partial charge on any atom is 0.260 e. The summed E-state index contributed by atoms with van der Waals surface area (Å²) >= 11 is 5.86. The normalized spacial score (nSPS) is 25.3. The van der Waals surface area contributed by atoms with Gasteiger partial charge in [0.25, 0.3) is 11.5 Å². The van der Waals surface area contributed by atoms with Gasteiger partial charge in [-0.05, 0) is 37.7 Å². The van der Waals surface area contributed by atoms with Gasteiger partial charge in [-0.25, -0.2) is 0 Å². The second-order valence-corrected chi connectivity index (χ2v) is 6.22. The largest absolute Gasteiger partial charge is 0.338 e. The zero-order chi connectivity index (χ0) is 14.3. The maximum atomic E-state index is 12.5. The van der Waals surface area contributed by atoms with Crippen LogP contribution in [0.4, 0.5) is 0 Å². The summed E-state index contributed by atoms with van der Waals surface area (Å²) in [6.07, 6.45) is 5.76. The molecule has 1 fully saturated rings. The van der Waals surface area contributed by atoms with Gasteiger partial charge in [0.05, 0.1) is 5.02 Å². The number of pyridine rings is 1. The van der Waals surface area contributed by atoms with Crippen molar-refractivity contribution in [2.24, 2.45) is 11.8 Å². The number of allylic oxidation sites excluding steroid dienone is 2. The van der Waals surface area contributed by atoms with Gasteiger partial charge in [-0.15, -0.1) is 0 Å². The molecule has 1 aromatic rings. The highest BCUT2D eigenvalue weighted by Gasteiger charge is 2.37. The molecule has 0 radical (unpaired) electrons. The number of aromatic nitrogens is 1. The number of hydrogen-bond donors (Lipinski definition) is 1. The number of hydrogen-bond acceptors (Lipinski definition) is 2. The molecule has 20 heavy (non-hydrogen) atoms. The summed E-state index contributed by atoms with van der Waals surface area (Å²) in [4.78, 5) is 28.5. The fourth-order valence-electron chi connectivity index (χ4n) is 3.24. The number of carbonyl (C=O) groups is 1. The number of halogens is 1. The molecule has 2 heterocycles. The highest BCUT2D eigenvalue weighted by molar-refractivity contribution is 6.30. The van der Waals surface area contributed by atoms with Gasteiger partial charge in [-0.3, -0.25) is 9.59 Å². The smallest absolute Gasteiger partial charge is 0.260 e. The lowest BCUT2D eigenvalue weighted by Gasteiger charge is -2.21. The summed E-state index contributed by atoms with van der Waals surface area (Å²) < 4.78 is 0. The summed E-state index contributed by atoms with van der Waals surface area (Å²) in [6, 6.07) is 1.45. The first-order chi connectivity index (χ1) is 9.54. The van der Waals surface area contributed by atoms with Crippen molar-refractivity contribution < 1.29 is 4.79 Å². The Morgan fingerprint density at radius 2 is 2.15 bits per heavy atom. The second kappa shape index (κ2) is 5.09. The van der Waals surface area contributed by atoms with Crippen molar-refractivity contribution in [1.29, 1.82) is 0 Å². The van der Waals surface area contributed by atoms with Crippen molar-refractivity contribution in [2.45, 2.75) is 19.8 Å². The van der Waals surface area contributed by atoms with Gasteiger partial charge in [-0.1, -0.05) is 23.3 Å². The van der Waals surface area contributed by atoms with Gasteiger partial charge < -0.3 is 9.88 Å². The van der Waals surface area contributed by atoms with Gasteiger partial charge >= 0.3 is 0 Å². The lowest BCUT2D eigenvalue weighted by molar-refractivity contribution is 0.0782. The van der Waals surface area contributed by atoms with Crippen LogP contribution in [-0.2, 0) is 0 Å². The molecule has 0 spiro atoms. The van der Waals surface area contributed by atoms with Crippen molar-refractivity contribution >= 4 is 17.5 Å². The highest BCUT2D eigenvalue weighted by Crippen LogP contribution is 2.36. The van der Waals surface area contributed by atoms with Crippen LogP contribution in [0.15, 0.2) is 28.7 Å². The minimum Gasteiger partial charge on any atom is -0.338 e. The molecule has 1 N–H and O–H groups in total. The Kier molecular flexibility index (Phi) is 3.42. The lowest BCUT2D eigenvalue weighted by Crippen LogP contribution is -2.33. The molecule has 106 valence electrons. The molecule has 1 amide bonds. The molecule has 2 atom stereocenters. The first kappa shape index (κ1) is 13.4. The number of aromatic amines is 1. The Morgan fingerprint density at radius 1 is 1.40 bits per heavy atom. The maximum absolute atomic E-state index is 12.5. The average molecular weight is 293 g/mol. The molecule has 1 aromatic heterocycles. The van der Waals surface area contributed by atoms with Crippen LogP contribution in [0.25, 0.3) is 0 Å². The second-order valence-electron chi connectivity index (χ2n) is 5.78. The molecular weight excluding hydrogens is 276 g/mol. The van der Waals surface area contributed by atoms with E-state index in [0.717, 1.165) is 25.9 Å². The molecule has 1 aliphatic heterocycles. The number of nitrogens with zero attached hydrogens (tertiary/aromatic N) is 1. The highest BCUT2D eigenvalue weighted by atomic mass is 35.5. The minimum absolute atomic E-state index is 0.140. The summed E-state index contributed by atoms with van der Waals surface area (Å²) in [5.74, 6) is 0.851. The zero-order valence-electron chi connectivity index (χ0n) is 11.4. The summed E-state index contributed by atoms with van der Waals surface area (Å²) in [5.41, 5.74) is 1.17. The van der Waals surface area contributed by atoms with Gasteiger partial charge in [0.1, 0.15) is 5.56 Å². The fraction of sp³-hybridized carbons (Fsp3) is 0.467. The molecule has 0 unspecified atom stereocenters. The average Bonchev–Trinajstić information content (AvgIpc) is 2.83. The van der Waals surface area contributed by atoms with Gasteiger partial charge in [0.2, 0.25) is 0 Å². The third-order valence-electron chi connectivity index (χ3n) is 4.32. The van der Waals surface area contributed by atoms with Crippen LogP contribution in [0.2, 0.25) is 5.02 Å². The first-order valence-corrected chi connectivity index (χ1v) is 7.25. The Balaban J connectivity index is 1.80. The molecule has 5 heteroatoms. The Hall–Kier alpha value is -1.55. The molecule has 1 saturated heterocycles. The Labute approximate surface area is 122 Å². The van der Waals surface area contributed by atoms with Crippen molar-refractivity contribution in [2.75, 3.05) is 13.1 Å². The lowest BCUT2D eigenvalue weighted by atomic mass is 9.83. The van der Waals surface area contributed by atoms with E-state index in [-0.39, 0.29) is 17.0 Å². The van der Waals surface area contributed by atoms with E-state index < -0.39 is 0 Å². The summed E-state index contributed by atoms with van der Waals surface area (Å²) in [5, 5.41) is 0.377. The van der Waals surface area contributed by atoms with Crippen LogP contribution in [-0.4, -0.2) is 28.9 Å². The van der Waals surface area contributed by atoms with E-state index in [2.05, 4.69) is 18.0 Å². The van der Waals surface area contributed by atoms with E-state index >= 15 is 0 Å². The predicted molar refractivity (Wildman–Crippen MR) is 77.9 cm³/mol. The fourth-order valence-corrected chi connectivity index (χ4v) is 3.40. The van der Waals surface area contributed by atoms with E-state index in [1.165, 1.54) is 17.8 Å². The number of fused-ring (bicyclic) bond motifs is 1. The van der Waals surface area contributed by atoms with Crippen LogP contribution < -0.4 is 5.56 Å². The molecule has 4 nitrogen and oxygen atoms in total. The van der Waals surface area contributed by atoms with Crippen LogP contribution in [0.3, 0.4) is 0 Å². The van der Waals surface area contributed by atoms with E-state index in [0.29, 0.717) is 16.9 Å². The molecule has 0 aromatic carbocycles. The summed E-state index contributed by atoms with van der Waals surface area (Å²) in [7, 11) is 0. The van der Waals surface area contributed by atoms with E-state index in [4.69, 9.17) is 11.6 Å². The third-order valence-corrected chi connectivity index (χ3v) is 4.53. The molecule has 1 aliphatic carbocycles. The summed E-state index contributed by atoms with van der Waals surface area (Å²) in [6.45, 7) is 3.61. The number of nitrogens with one attached hydrogen (secondary N) is 1. The number of likely N-dealkylation sites (tertiary alicyclic amines) is 1. The van der Waals surface area contributed by atoms with Crippen molar-refractivity contribution in [3.05, 3.63) is 44.9 Å². The minimum atomic E-state index is -0.372. The molecular formula is C15H17ClN2O2. The quantitative estimate of drug-likeness (QED) is 0.809. The van der Waals surface area contributed by atoms with E-state index in [9.17, 15) is 9.59 Å². The molecule has 0 saturated carbocycles. The number of rotatable bonds is 1. The van der Waals surface area contributed by atoms with Gasteiger partial charge in [-0.2, -0.15) is 0 Å². The molecule has 3 rings (SSSR count). The molecule has 2 aliphatic rings. The van der Waals surface area contributed by atoms with Crippen molar-refractivity contribution in [3.63, 3.8) is 0 Å². The van der Waals surface area contributed by atoms with Crippen LogP contribution in [0.5, 0.6) is 0 Å². The number of H-pyrrole nitrogens is 1. The Bertz CT molecular complexity index is 635. The standard InChI is InChI=1S/C15H17ClN2O2/c1-9-2-3-10-7-18(8-11(10)4-9)15(20)13-5-12(16)6-17-14(13)19/h2,5-6,10-11H,3-4,7-8H2,1H3,(H,17,19)/t10-,11+/m0/s1. The molecule has 0 bridgehead atoms. The van der Waals surface area contributed by atoms with Crippen LogP contribution in [0, 0.1) is 11.8 Å². The van der Waals surface area contributed by atoms with Crippen LogP contribution in [0.1, 0.15) is 30.1 Å². The SMILES string of the molecule is CC1=CC[C@H]2CN(C(=O)c3cc(Cl)c[nH]c3=O)C[C@H]2C1. The predicted octanol–water partition coefficient (Wildman–Crippen LogP) is 2.46. The van der Waals surface area contributed by atoms with Crippen molar-refractivity contribution in [3.8, 4) is 0 Å². The zero-order valence-corrected chi connectivity index (χ0v) is 12.1. The topological polar surface area (TPSA) is 53.2 Å². The van der Waals surface area contributed by atoms with Gasteiger partial charge in [0, 0.05) is 19.3 Å². The Morgan fingerprint density at radius 3 is 2.95 bits per heavy atom. The van der Waals surface area contributed by atoms with E-state index in [1.54, 1.807) is 4.90 Å². The van der Waals surface area contributed by atoms with Crippen molar-refractivity contribution in [1.82, 2.24) is 9.88 Å². The monoisotopic (exact) mass is 292 g/mol. The third kappa shape index (κ3) is 2.40. The van der Waals surface area contributed by atoms with Crippen LogP contribution >= 0.6 is 11.6 Å².